The molecule has 144 valence electrons. The third-order valence-corrected chi connectivity index (χ3v) is 4.25. The maximum atomic E-state index is 12.5. The van der Waals surface area contributed by atoms with Gasteiger partial charge in [0.1, 0.15) is 11.5 Å². The average Bonchev–Trinajstić information content (AvgIpc) is 2.75. The molecule has 2 aromatic rings. The summed E-state index contributed by atoms with van der Waals surface area (Å²) in [6.45, 7) is 0.542. The average molecular weight is 379 g/mol. The molecule has 0 atom stereocenters. The zero-order chi connectivity index (χ0) is 19.9. The molecule has 1 aliphatic rings. The number of hydrogen-bond donors (Lipinski definition) is 2. The highest BCUT2D eigenvalue weighted by Gasteiger charge is 2.16. The maximum Gasteiger partial charge on any atom is 0.255 e. The summed E-state index contributed by atoms with van der Waals surface area (Å²) in [6.07, 6.45) is 2.09. The first-order valence-electron chi connectivity index (χ1n) is 8.74. The van der Waals surface area contributed by atoms with Crippen molar-refractivity contribution < 1.29 is 19.1 Å². The molecule has 1 heterocycles. The summed E-state index contributed by atoms with van der Waals surface area (Å²) >= 11 is 0. The summed E-state index contributed by atoms with van der Waals surface area (Å²) in [5.41, 5.74) is 2.08. The first-order chi connectivity index (χ1) is 13.6. The molecule has 2 amide bonds. The number of aliphatic imine (C=N–C) groups is 1. The van der Waals surface area contributed by atoms with E-state index in [1.807, 2.05) is 0 Å². The maximum absolute atomic E-state index is 12.5. The summed E-state index contributed by atoms with van der Waals surface area (Å²) in [6, 6.07) is 13.6. The van der Waals surface area contributed by atoms with E-state index in [9.17, 15) is 9.59 Å². The van der Waals surface area contributed by atoms with Crippen LogP contribution in [-0.4, -0.2) is 38.8 Å². The van der Waals surface area contributed by atoms with Gasteiger partial charge in [-0.2, -0.15) is 0 Å². The summed E-state index contributed by atoms with van der Waals surface area (Å²) in [5, 5.41) is 5.69. The molecular weight excluding hydrogens is 358 g/mol. The second-order valence-corrected chi connectivity index (χ2v) is 6.04. The second kappa shape index (κ2) is 8.85. The van der Waals surface area contributed by atoms with Crippen molar-refractivity contribution in [3.05, 3.63) is 71.1 Å². The van der Waals surface area contributed by atoms with Crippen molar-refractivity contribution in [1.82, 2.24) is 10.6 Å². The molecule has 7 heteroatoms. The summed E-state index contributed by atoms with van der Waals surface area (Å²) in [5.74, 6) is 0.793. The molecule has 0 bridgehead atoms. The molecule has 0 aliphatic carbocycles. The Bertz CT molecular complexity index is 916. The van der Waals surface area contributed by atoms with Crippen molar-refractivity contribution in [1.29, 1.82) is 0 Å². The van der Waals surface area contributed by atoms with Gasteiger partial charge in [0.05, 0.1) is 19.9 Å². The molecule has 1 aliphatic heterocycles. The molecule has 0 saturated heterocycles. The highest BCUT2D eigenvalue weighted by Crippen LogP contribution is 2.15. The smallest absolute Gasteiger partial charge is 0.255 e. The van der Waals surface area contributed by atoms with Crippen LogP contribution in [0.25, 0.3) is 0 Å². The molecular formula is C21H21N3O4. The normalized spacial score (nSPS) is 13.1. The van der Waals surface area contributed by atoms with Gasteiger partial charge >= 0.3 is 0 Å². The molecule has 28 heavy (non-hydrogen) atoms. The number of nitrogens with zero attached hydrogens (tertiary/aromatic N) is 1. The van der Waals surface area contributed by atoms with Crippen molar-refractivity contribution in [3.63, 3.8) is 0 Å². The lowest BCUT2D eigenvalue weighted by Crippen LogP contribution is -2.33. The van der Waals surface area contributed by atoms with E-state index in [0.717, 1.165) is 0 Å². The van der Waals surface area contributed by atoms with Crippen molar-refractivity contribution in [2.45, 2.75) is 6.42 Å². The van der Waals surface area contributed by atoms with Crippen molar-refractivity contribution in [2.75, 3.05) is 20.8 Å². The SMILES string of the molecule is COc1ccc(C(=O)NC2=C(NC(=O)c3ccc(OC)cc3)CCN=C2)cc1. The van der Waals surface area contributed by atoms with Crippen molar-refractivity contribution in [2.24, 2.45) is 4.99 Å². The van der Waals surface area contributed by atoms with E-state index in [2.05, 4.69) is 15.6 Å². The van der Waals surface area contributed by atoms with Crippen LogP contribution in [-0.2, 0) is 0 Å². The van der Waals surface area contributed by atoms with E-state index in [1.54, 1.807) is 69.0 Å². The van der Waals surface area contributed by atoms with Gasteiger partial charge in [0.15, 0.2) is 0 Å². The number of methoxy groups -OCH3 is 2. The fourth-order valence-corrected chi connectivity index (χ4v) is 2.67. The number of allylic oxidation sites excluding steroid dienone is 1. The van der Waals surface area contributed by atoms with Gasteiger partial charge in [-0.05, 0) is 48.5 Å². The summed E-state index contributed by atoms with van der Waals surface area (Å²) in [7, 11) is 3.13. The van der Waals surface area contributed by atoms with Crippen LogP contribution < -0.4 is 20.1 Å². The van der Waals surface area contributed by atoms with Gasteiger partial charge in [0.25, 0.3) is 11.8 Å². The Balaban J connectivity index is 1.74. The highest BCUT2D eigenvalue weighted by molar-refractivity contribution is 6.00. The van der Waals surface area contributed by atoms with E-state index in [0.29, 0.717) is 47.0 Å². The standard InChI is InChI=1S/C21H21N3O4/c1-27-16-7-3-14(4-8-16)20(25)23-18-11-12-22-13-19(18)24-21(26)15-5-9-17(28-2)10-6-15/h3-10,13H,11-12H2,1-2H3,(H,23,25)(H,24,26). The highest BCUT2D eigenvalue weighted by atomic mass is 16.5. The molecule has 2 N–H and O–H groups in total. The quantitative estimate of drug-likeness (QED) is 0.807. The number of carbonyl (C=O) groups is 2. The monoisotopic (exact) mass is 379 g/mol. The Morgan fingerprint density at radius 1 is 0.821 bits per heavy atom. The topological polar surface area (TPSA) is 89.0 Å². The van der Waals surface area contributed by atoms with Crippen molar-refractivity contribution >= 4 is 18.0 Å². The van der Waals surface area contributed by atoms with Gasteiger partial charge in [0.2, 0.25) is 0 Å². The third kappa shape index (κ3) is 4.56. The van der Waals surface area contributed by atoms with Crippen LogP contribution >= 0.6 is 0 Å². The van der Waals surface area contributed by atoms with Gasteiger partial charge in [0, 0.05) is 36.0 Å². The Labute approximate surface area is 163 Å². The van der Waals surface area contributed by atoms with Crippen LogP contribution in [0, 0.1) is 0 Å². The fourth-order valence-electron chi connectivity index (χ4n) is 2.67. The predicted octanol–water partition coefficient (Wildman–Crippen LogP) is 2.55. The molecule has 0 unspecified atom stereocenters. The Morgan fingerprint density at radius 2 is 1.32 bits per heavy atom. The second-order valence-electron chi connectivity index (χ2n) is 6.04. The van der Waals surface area contributed by atoms with Crippen LogP contribution in [0.15, 0.2) is 64.9 Å². The largest absolute Gasteiger partial charge is 0.497 e. The minimum Gasteiger partial charge on any atom is -0.497 e. The van der Waals surface area contributed by atoms with E-state index in [1.165, 1.54) is 0 Å². The Hall–Kier alpha value is -3.61. The number of dihydropyridines is 1. The molecule has 7 nitrogen and oxygen atoms in total. The van der Waals surface area contributed by atoms with Crippen LogP contribution in [0.3, 0.4) is 0 Å². The van der Waals surface area contributed by atoms with E-state index in [-0.39, 0.29) is 11.8 Å². The van der Waals surface area contributed by atoms with Crippen molar-refractivity contribution in [3.8, 4) is 11.5 Å². The van der Waals surface area contributed by atoms with E-state index >= 15 is 0 Å². The summed E-state index contributed by atoms with van der Waals surface area (Å²) in [4.78, 5) is 29.2. The molecule has 0 fully saturated rings. The lowest BCUT2D eigenvalue weighted by Gasteiger charge is -2.17. The first kappa shape index (κ1) is 19.2. The van der Waals surface area contributed by atoms with Gasteiger partial charge in [-0.25, -0.2) is 0 Å². The number of carbonyl (C=O) groups excluding carboxylic acids is 2. The molecule has 3 rings (SSSR count). The molecule has 0 spiro atoms. The Kier molecular flexibility index (Phi) is 6.06. The van der Waals surface area contributed by atoms with Gasteiger partial charge in [-0.3, -0.25) is 14.6 Å². The zero-order valence-corrected chi connectivity index (χ0v) is 15.7. The van der Waals surface area contributed by atoms with Crippen LogP contribution in [0.4, 0.5) is 0 Å². The minimum atomic E-state index is -0.290. The number of hydrogen-bond acceptors (Lipinski definition) is 5. The van der Waals surface area contributed by atoms with E-state index < -0.39 is 0 Å². The van der Waals surface area contributed by atoms with Crippen LogP contribution in [0.5, 0.6) is 11.5 Å². The number of nitrogens with one attached hydrogen (secondary N) is 2. The molecule has 0 saturated carbocycles. The van der Waals surface area contributed by atoms with E-state index in [4.69, 9.17) is 9.47 Å². The summed E-state index contributed by atoms with van der Waals surface area (Å²) < 4.78 is 10.2. The lowest BCUT2D eigenvalue weighted by molar-refractivity contribution is 0.0949. The zero-order valence-electron chi connectivity index (χ0n) is 15.7. The number of benzene rings is 2. The van der Waals surface area contributed by atoms with Gasteiger partial charge in [-0.1, -0.05) is 0 Å². The van der Waals surface area contributed by atoms with Crippen LogP contribution in [0.1, 0.15) is 27.1 Å². The molecule has 0 aromatic heterocycles. The number of amides is 2. The fraction of sp³-hybridized carbons (Fsp3) is 0.190. The third-order valence-electron chi connectivity index (χ3n) is 4.25. The van der Waals surface area contributed by atoms with Crippen LogP contribution in [0.2, 0.25) is 0 Å². The number of rotatable bonds is 6. The minimum absolute atomic E-state index is 0.260. The Morgan fingerprint density at radius 3 is 1.82 bits per heavy atom. The van der Waals surface area contributed by atoms with Gasteiger partial charge in [-0.15, -0.1) is 0 Å². The first-order valence-corrected chi connectivity index (χ1v) is 8.74. The molecule has 0 radical (unpaired) electrons. The lowest BCUT2D eigenvalue weighted by atomic mass is 10.1. The van der Waals surface area contributed by atoms with Gasteiger partial charge < -0.3 is 20.1 Å². The predicted molar refractivity (Wildman–Crippen MR) is 106 cm³/mol. The molecule has 2 aromatic carbocycles. The number of ether oxygens (including phenoxy) is 2.